The Kier molecular flexibility index (Phi) is 6.74. The molecule has 0 spiro atoms. The summed E-state index contributed by atoms with van der Waals surface area (Å²) in [6.07, 6.45) is 1.79. The van der Waals surface area contributed by atoms with Crippen LogP contribution in [0.5, 0.6) is 5.75 Å². The second-order valence-corrected chi connectivity index (χ2v) is 9.19. The number of ether oxygens (including phenoxy) is 1. The highest BCUT2D eigenvalue weighted by atomic mass is 35.5. The van der Waals surface area contributed by atoms with Crippen molar-refractivity contribution in [2.75, 3.05) is 4.90 Å². The maximum atomic E-state index is 13.1. The number of halogens is 1. The quantitative estimate of drug-likeness (QED) is 0.228. The van der Waals surface area contributed by atoms with Crippen LogP contribution in [0, 0.1) is 0 Å². The lowest BCUT2D eigenvalue weighted by atomic mass is 10.1. The Morgan fingerprint density at radius 2 is 1.75 bits per heavy atom. The van der Waals surface area contributed by atoms with E-state index in [9.17, 15) is 9.59 Å². The predicted molar refractivity (Wildman–Crippen MR) is 134 cm³/mol. The summed E-state index contributed by atoms with van der Waals surface area (Å²) >= 11 is 12.6. The van der Waals surface area contributed by atoms with E-state index < -0.39 is 0 Å². The van der Waals surface area contributed by atoms with Crippen molar-refractivity contribution in [3.63, 3.8) is 0 Å². The molecule has 0 aliphatic carbocycles. The molecular weight excluding hydrogens is 462 g/mol. The molecule has 0 atom stereocenters. The largest absolute Gasteiger partial charge is 0.488 e. The van der Waals surface area contributed by atoms with Crippen LogP contribution in [0.4, 0.5) is 5.69 Å². The highest BCUT2D eigenvalue weighted by Gasteiger charge is 2.33. The maximum absolute atomic E-state index is 13.1. The van der Waals surface area contributed by atoms with Gasteiger partial charge >= 0.3 is 0 Å². The van der Waals surface area contributed by atoms with Gasteiger partial charge in [0.1, 0.15) is 12.4 Å². The molecule has 1 fully saturated rings. The number of rotatable bonds is 6. The smallest absolute Gasteiger partial charge is 0.270 e. The summed E-state index contributed by atoms with van der Waals surface area (Å²) in [7, 11) is 0. The number of thiocarbonyl (C=S) groups is 1. The third kappa shape index (κ3) is 4.93. The van der Waals surface area contributed by atoms with Gasteiger partial charge in [0.2, 0.25) is 0 Å². The number of thioether (sulfide) groups is 1. The van der Waals surface area contributed by atoms with Crippen molar-refractivity contribution in [2.45, 2.75) is 13.5 Å². The van der Waals surface area contributed by atoms with E-state index >= 15 is 0 Å². The van der Waals surface area contributed by atoms with Gasteiger partial charge in [0.25, 0.3) is 5.91 Å². The fourth-order valence-electron chi connectivity index (χ4n) is 3.15. The maximum Gasteiger partial charge on any atom is 0.270 e. The summed E-state index contributed by atoms with van der Waals surface area (Å²) in [6.45, 7) is 1.88. The molecule has 1 saturated heterocycles. The molecule has 4 nitrogen and oxygen atoms in total. The molecule has 0 aromatic heterocycles. The fraction of sp³-hybridized carbons (Fsp3) is 0.0800. The van der Waals surface area contributed by atoms with E-state index in [4.69, 9.17) is 28.6 Å². The summed E-state index contributed by atoms with van der Waals surface area (Å²) < 4.78 is 6.44. The van der Waals surface area contributed by atoms with Crippen LogP contribution in [0.25, 0.3) is 6.08 Å². The minimum Gasteiger partial charge on any atom is -0.488 e. The first-order valence-corrected chi connectivity index (χ1v) is 11.4. The summed E-state index contributed by atoms with van der Waals surface area (Å²) in [4.78, 5) is 26.6. The van der Waals surface area contributed by atoms with Crippen LogP contribution >= 0.6 is 35.6 Å². The lowest BCUT2D eigenvalue weighted by molar-refractivity contribution is -0.113. The number of hydrogen-bond donors (Lipinski definition) is 0. The normalized spacial score (nSPS) is 14.8. The van der Waals surface area contributed by atoms with Crippen molar-refractivity contribution < 1.29 is 14.3 Å². The third-order valence-corrected chi connectivity index (χ3v) is 6.39. The molecule has 0 unspecified atom stereocenters. The number of Topliss-reactive ketones (excluding diaryl/α,β-unsaturated/α-hetero) is 1. The number of carbonyl (C=O) groups is 2. The number of para-hydroxylation sites is 1. The van der Waals surface area contributed by atoms with Crippen LogP contribution in [0.3, 0.4) is 0 Å². The summed E-state index contributed by atoms with van der Waals surface area (Å²) in [5, 5.41) is 0.673. The van der Waals surface area contributed by atoms with E-state index in [1.54, 1.807) is 30.3 Å². The molecule has 0 N–H and O–H groups in total. The van der Waals surface area contributed by atoms with Crippen LogP contribution in [0.15, 0.2) is 77.7 Å². The molecule has 32 heavy (non-hydrogen) atoms. The number of hydrogen-bond acceptors (Lipinski definition) is 5. The SMILES string of the molecule is CC(=O)c1ccc(N2C(=O)C(=Cc3ccccc3OCc3ccc(Cl)cc3)SC2=S)cc1. The number of benzene rings is 3. The molecule has 1 amide bonds. The Hall–Kier alpha value is -2.93. The molecule has 160 valence electrons. The van der Waals surface area contributed by atoms with E-state index in [1.807, 2.05) is 48.5 Å². The summed E-state index contributed by atoms with van der Waals surface area (Å²) in [5.74, 6) is 0.429. The average Bonchev–Trinajstić information content (AvgIpc) is 3.07. The molecule has 0 bridgehead atoms. The first-order valence-electron chi connectivity index (χ1n) is 9.77. The van der Waals surface area contributed by atoms with E-state index in [-0.39, 0.29) is 11.7 Å². The molecule has 1 aliphatic rings. The first kappa shape index (κ1) is 22.3. The molecular formula is C25H18ClNO3S2. The van der Waals surface area contributed by atoms with Crippen molar-refractivity contribution >= 4 is 63.4 Å². The van der Waals surface area contributed by atoms with Gasteiger partial charge in [-0.05, 0) is 61.0 Å². The van der Waals surface area contributed by atoms with Crippen molar-refractivity contribution in [3.05, 3.63) is 99.4 Å². The van der Waals surface area contributed by atoms with E-state index in [0.29, 0.717) is 37.9 Å². The lowest BCUT2D eigenvalue weighted by Gasteiger charge is -2.14. The zero-order valence-corrected chi connectivity index (χ0v) is 19.5. The minimum atomic E-state index is -0.205. The molecule has 0 saturated carbocycles. The van der Waals surface area contributed by atoms with Crippen molar-refractivity contribution in [3.8, 4) is 5.75 Å². The van der Waals surface area contributed by atoms with Gasteiger partial charge in [-0.2, -0.15) is 0 Å². The van der Waals surface area contributed by atoms with E-state index in [1.165, 1.54) is 23.6 Å². The van der Waals surface area contributed by atoms with Gasteiger partial charge in [0.15, 0.2) is 10.1 Å². The Balaban J connectivity index is 1.55. The second-order valence-electron chi connectivity index (χ2n) is 7.07. The Morgan fingerprint density at radius 1 is 1.06 bits per heavy atom. The fourth-order valence-corrected chi connectivity index (χ4v) is 4.57. The van der Waals surface area contributed by atoms with Gasteiger partial charge in [-0.3, -0.25) is 14.5 Å². The van der Waals surface area contributed by atoms with E-state index in [0.717, 1.165) is 11.1 Å². The van der Waals surface area contributed by atoms with Crippen molar-refractivity contribution in [1.82, 2.24) is 0 Å². The van der Waals surface area contributed by atoms with E-state index in [2.05, 4.69) is 0 Å². The highest BCUT2D eigenvalue weighted by Crippen LogP contribution is 2.37. The molecule has 1 aliphatic heterocycles. The van der Waals surface area contributed by atoms with Crippen LogP contribution in [0.1, 0.15) is 28.4 Å². The van der Waals surface area contributed by atoms with Crippen LogP contribution < -0.4 is 9.64 Å². The number of ketones is 1. The van der Waals surface area contributed by atoms with Crippen molar-refractivity contribution in [2.24, 2.45) is 0 Å². The molecule has 0 radical (unpaired) electrons. The Labute approximate surface area is 200 Å². The van der Waals surface area contributed by atoms with Gasteiger partial charge in [-0.25, -0.2) is 0 Å². The second kappa shape index (κ2) is 9.69. The standard InChI is InChI=1S/C25H18ClNO3S2/c1-16(28)18-8-12-21(13-9-18)27-24(29)23(32-25(27)31)14-19-4-2-3-5-22(19)30-15-17-6-10-20(26)11-7-17/h2-14H,15H2,1H3. The van der Waals surface area contributed by atoms with Gasteiger partial charge in [-0.15, -0.1) is 0 Å². The average molecular weight is 480 g/mol. The highest BCUT2D eigenvalue weighted by molar-refractivity contribution is 8.27. The van der Waals surface area contributed by atoms with Gasteiger partial charge < -0.3 is 4.74 Å². The number of carbonyl (C=O) groups excluding carboxylic acids is 2. The molecule has 1 heterocycles. The van der Waals surface area contributed by atoms with Gasteiger partial charge in [0.05, 0.1) is 10.6 Å². The first-order chi connectivity index (χ1) is 15.4. The zero-order chi connectivity index (χ0) is 22.7. The molecule has 3 aromatic rings. The molecule has 3 aromatic carbocycles. The van der Waals surface area contributed by atoms with Crippen molar-refractivity contribution in [1.29, 1.82) is 0 Å². The van der Waals surface area contributed by atoms with Crippen LogP contribution in [-0.4, -0.2) is 16.0 Å². The third-order valence-electron chi connectivity index (χ3n) is 4.84. The summed E-state index contributed by atoms with van der Waals surface area (Å²) in [6, 6.07) is 21.8. The minimum absolute atomic E-state index is 0.0305. The van der Waals surface area contributed by atoms with Gasteiger partial charge in [-0.1, -0.05) is 65.9 Å². The molecule has 7 heteroatoms. The zero-order valence-electron chi connectivity index (χ0n) is 17.1. The van der Waals surface area contributed by atoms with Crippen LogP contribution in [0.2, 0.25) is 5.02 Å². The predicted octanol–water partition coefficient (Wildman–Crippen LogP) is 6.53. The Morgan fingerprint density at radius 3 is 2.44 bits per heavy atom. The van der Waals surface area contributed by atoms with Crippen LogP contribution in [-0.2, 0) is 11.4 Å². The number of anilines is 1. The topological polar surface area (TPSA) is 46.6 Å². The molecule has 4 rings (SSSR count). The lowest BCUT2D eigenvalue weighted by Crippen LogP contribution is -2.27. The number of nitrogens with zero attached hydrogens (tertiary/aromatic N) is 1. The monoisotopic (exact) mass is 479 g/mol. The summed E-state index contributed by atoms with van der Waals surface area (Å²) in [5.41, 5.74) is 2.99. The Bertz CT molecular complexity index is 1220. The number of amides is 1. The van der Waals surface area contributed by atoms with Gasteiger partial charge in [0, 0.05) is 16.1 Å².